The van der Waals surface area contributed by atoms with Crippen molar-refractivity contribution in [2.75, 3.05) is 0 Å². The quantitative estimate of drug-likeness (QED) is 0.0391. The molecule has 0 amide bonds. The summed E-state index contributed by atoms with van der Waals surface area (Å²) in [5, 5.41) is 0. The average Bonchev–Trinajstić information content (AvgIpc) is 3.04. The van der Waals surface area contributed by atoms with Gasteiger partial charge in [-0.3, -0.25) is 9.59 Å². The molecule has 0 radical (unpaired) electrons. The molecule has 0 bridgehead atoms. The van der Waals surface area contributed by atoms with Gasteiger partial charge in [-0.25, -0.2) is 0 Å². The van der Waals surface area contributed by atoms with Gasteiger partial charge in [0.05, 0.1) is 11.8 Å². The Morgan fingerprint density at radius 1 is 0.333 bits per heavy atom. The van der Waals surface area contributed by atoms with E-state index in [1.807, 2.05) is 6.92 Å². The molecular weight excluding hydrogens is 552 g/mol. The number of hydrogen-bond donors (Lipinski definition) is 0. The van der Waals surface area contributed by atoms with E-state index in [0.717, 1.165) is 51.4 Å². The molecule has 3 nitrogen and oxygen atoms in total. The monoisotopic (exact) mass is 635 g/mol. The number of hydrogen-bond acceptors (Lipinski definition) is 3. The van der Waals surface area contributed by atoms with Crippen LogP contribution in [0.25, 0.3) is 0 Å². The topological polar surface area (TPSA) is 43.4 Å². The smallest absolute Gasteiger partial charge is 0.316 e. The predicted molar refractivity (Wildman–Crippen MR) is 198 cm³/mol. The fourth-order valence-electron chi connectivity index (χ4n) is 6.76. The molecule has 0 fully saturated rings. The second-order valence-electron chi connectivity index (χ2n) is 14.5. The lowest BCUT2D eigenvalue weighted by Crippen LogP contribution is -2.26. The van der Waals surface area contributed by atoms with Crippen molar-refractivity contribution in [3.8, 4) is 0 Å². The van der Waals surface area contributed by atoms with Crippen LogP contribution in [0.15, 0.2) is 0 Å². The molecule has 0 aliphatic carbocycles. The third-order valence-electron chi connectivity index (χ3n) is 10.1. The molecule has 268 valence electrons. The van der Waals surface area contributed by atoms with E-state index in [1.54, 1.807) is 0 Å². The number of unbranched alkanes of at least 4 members (excludes halogenated alkanes) is 27. The van der Waals surface area contributed by atoms with Gasteiger partial charge in [0.1, 0.15) is 0 Å². The van der Waals surface area contributed by atoms with E-state index in [9.17, 15) is 9.59 Å². The summed E-state index contributed by atoms with van der Waals surface area (Å²) in [5.74, 6) is -0.744. The molecule has 0 aromatic rings. The molecule has 0 saturated heterocycles. The second-order valence-corrected chi connectivity index (χ2v) is 14.5. The largest absolute Gasteiger partial charge is 0.393 e. The van der Waals surface area contributed by atoms with E-state index >= 15 is 0 Å². The molecule has 0 aromatic heterocycles. The van der Waals surface area contributed by atoms with Crippen molar-refractivity contribution in [3.63, 3.8) is 0 Å². The molecule has 0 saturated carbocycles. The van der Waals surface area contributed by atoms with E-state index in [4.69, 9.17) is 4.74 Å². The third kappa shape index (κ3) is 30.2. The van der Waals surface area contributed by atoms with Crippen LogP contribution in [0.1, 0.15) is 246 Å². The van der Waals surface area contributed by atoms with Crippen molar-refractivity contribution >= 4 is 11.9 Å². The Hall–Kier alpha value is -0.860. The number of carbonyl (C=O) groups excluding carboxylic acids is 2. The van der Waals surface area contributed by atoms with Gasteiger partial charge in [-0.05, 0) is 25.7 Å². The molecule has 45 heavy (non-hydrogen) atoms. The number of ether oxygens (including phenoxy) is 1. The SMILES string of the molecule is CCCCCCCCCCCCCCCCC(CCCCCCCCCCCCCCCC)C(=O)OC(=O)C(CC)CCCC. The molecule has 1 atom stereocenters. The fraction of sp³-hybridized carbons (Fsp3) is 0.952. The van der Waals surface area contributed by atoms with E-state index < -0.39 is 0 Å². The molecule has 3 heteroatoms. The highest BCUT2D eigenvalue weighted by Crippen LogP contribution is 2.23. The standard InChI is InChI=1S/C42H82O3/c1-5-9-12-14-16-18-20-22-24-26-28-30-32-34-37-40(42(44)45-41(43)39(8-4)36-11-7-3)38-35-33-31-29-27-25-23-21-19-17-15-13-10-6-2/h39-40H,5-38H2,1-4H3. The zero-order valence-corrected chi connectivity index (χ0v) is 31.4. The predicted octanol–water partition coefficient (Wildman–Crippen LogP) is 14.6. The molecule has 0 aromatic carbocycles. The zero-order chi connectivity index (χ0) is 33.1. The van der Waals surface area contributed by atoms with Crippen molar-refractivity contribution in [3.05, 3.63) is 0 Å². The van der Waals surface area contributed by atoms with Crippen molar-refractivity contribution < 1.29 is 14.3 Å². The van der Waals surface area contributed by atoms with Crippen LogP contribution in [0, 0.1) is 11.8 Å². The molecule has 0 heterocycles. The first-order valence-electron chi connectivity index (χ1n) is 20.9. The molecule has 0 spiro atoms. The molecule has 0 aliphatic heterocycles. The summed E-state index contributed by atoms with van der Waals surface area (Å²) in [7, 11) is 0. The van der Waals surface area contributed by atoms with Gasteiger partial charge in [-0.15, -0.1) is 0 Å². The Balaban J connectivity index is 4.22. The Kier molecular flexibility index (Phi) is 35.3. The van der Waals surface area contributed by atoms with Gasteiger partial charge < -0.3 is 4.74 Å². The van der Waals surface area contributed by atoms with Gasteiger partial charge in [0, 0.05) is 0 Å². The van der Waals surface area contributed by atoms with Crippen LogP contribution in [0.4, 0.5) is 0 Å². The van der Waals surface area contributed by atoms with Gasteiger partial charge in [0.25, 0.3) is 0 Å². The summed E-state index contributed by atoms with van der Waals surface area (Å²) in [6.07, 6.45) is 43.1. The first-order valence-corrected chi connectivity index (χ1v) is 20.9. The maximum absolute atomic E-state index is 13.1. The minimum absolute atomic E-state index is 0.104. The van der Waals surface area contributed by atoms with Crippen LogP contribution < -0.4 is 0 Å². The van der Waals surface area contributed by atoms with Crippen LogP contribution in [0.5, 0.6) is 0 Å². The van der Waals surface area contributed by atoms with Crippen molar-refractivity contribution in [2.45, 2.75) is 246 Å². The Morgan fingerprint density at radius 3 is 0.867 bits per heavy atom. The summed E-state index contributed by atoms with van der Waals surface area (Å²) in [6.45, 7) is 8.75. The van der Waals surface area contributed by atoms with Gasteiger partial charge >= 0.3 is 11.9 Å². The highest BCUT2D eigenvalue weighted by Gasteiger charge is 2.26. The van der Waals surface area contributed by atoms with Crippen LogP contribution >= 0.6 is 0 Å². The van der Waals surface area contributed by atoms with Crippen LogP contribution in [-0.4, -0.2) is 11.9 Å². The third-order valence-corrected chi connectivity index (χ3v) is 10.1. The second kappa shape index (κ2) is 36.0. The van der Waals surface area contributed by atoms with Gasteiger partial charge in [-0.2, -0.15) is 0 Å². The maximum atomic E-state index is 13.1. The van der Waals surface area contributed by atoms with E-state index in [2.05, 4.69) is 20.8 Å². The van der Waals surface area contributed by atoms with Gasteiger partial charge in [0.15, 0.2) is 0 Å². The first kappa shape index (κ1) is 44.1. The molecule has 0 aliphatic rings. The van der Waals surface area contributed by atoms with Gasteiger partial charge in [-0.1, -0.05) is 220 Å². The van der Waals surface area contributed by atoms with E-state index in [-0.39, 0.29) is 23.8 Å². The Bertz CT molecular complexity index is 583. The maximum Gasteiger partial charge on any atom is 0.316 e. The van der Waals surface area contributed by atoms with Gasteiger partial charge in [0.2, 0.25) is 0 Å². The lowest BCUT2D eigenvalue weighted by atomic mass is 9.93. The Morgan fingerprint density at radius 2 is 0.578 bits per heavy atom. The van der Waals surface area contributed by atoms with Crippen molar-refractivity contribution in [1.82, 2.24) is 0 Å². The minimum atomic E-state index is -0.275. The first-order chi connectivity index (χ1) is 22.1. The average molecular weight is 635 g/mol. The van der Waals surface area contributed by atoms with Crippen LogP contribution in [-0.2, 0) is 14.3 Å². The zero-order valence-electron chi connectivity index (χ0n) is 31.4. The lowest BCUT2D eigenvalue weighted by Gasteiger charge is -2.18. The lowest BCUT2D eigenvalue weighted by molar-refractivity contribution is -0.166. The summed E-state index contributed by atoms with van der Waals surface area (Å²) in [6, 6.07) is 0. The minimum Gasteiger partial charge on any atom is -0.393 e. The molecule has 0 rings (SSSR count). The molecule has 0 N–H and O–H groups in total. The number of carbonyl (C=O) groups is 2. The fourth-order valence-corrected chi connectivity index (χ4v) is 6.76. The van der Waals surface area contributed by atoms with Crippen LogP contribution in [0.3, 0.4) is 0 Å². The highest BCUT2D eigenvalue weighted by molar-refractivity contribution is 5.87. The normalized spacial score (nSPS) is 12.2. The van der Waals surface area contributed by atoms with E-state index in [0.29, 0.717) is 0 Å². The number of esters is 2. The van der Waals surface area contributed by atoms with E-state index in [1.165, 1.54) is 167 Å². The van der Waals surface area contributed by atoms with Crippen molar-refractivity contribution in [1.29, 1.82) is 0 Å². The summed E-state index contributed by atoms with van der Waals surface area (Å²) in [4.78, 5) is 25.9. The Labute approximate surface area is 283 Å². The number of rotatable bonds is 36. The summed E-state index contributed by atoms with van der Waals surface area (Å²) in [5.41, 5.74) is 0. The van der Waals surface area contributed by atoms with Crippen molar-refractivity contribution in [2.24, 2.45) is 11.8 Å². The molecular formula is C42H82O3. The highest BCUT2D eigenvalue weighted by atomic mass is 16.6. The molecule has 1 unspecified atom stereocenters. The summed E-state index contributed by atoms with van der Waals surface area (Å²) < 4.78 is 5.52. The summed E-state index contributed by atoms with van der Waals surface area (Å²) >= 11 is 0. The van der Waals surface area contributed by atoms with Crippen LogP contribution in [0.2, 0.25) is 0 Å².